The van der Waals surface area contributed by atoms with Gasteiger partial charge in [0.2, 0.25) is 5.91 Å². The van der Waals surface area contributed by atoms with Gasteiger partial charge in [-0.25, -0.2) is 15.3 Å². The molecule has 0 bridgehead atoms. The quantitative estimate of drug-likeness (QED) is 0.617. The number of hydrogen-bond donors (Lipinski definition) is 2. The molecule has 0 fully saturated rings. The zero-order chi connectivity index (χ0) is 15.4. The van der Waals surface area contributed by atoms with E-state index in [1.54, 1.807) is 17.5 Å². The molecule has 21 heavy (non-hydrogen) atoms. The summed E-state index contributed by atoms with van der Waals surface area (Å²) in [5.41, 5.74) is 1.99. The molecule has 0 saturated heterocycles. The van der Waals surface area contributed by atoms with Crippen molar-refractivity contribution in [2.75, 3.05) is 11.9 Å². The zero-order valence-corrected chi connectivity index (χ0v) is 13.9. The Hall–Kier alpha value is -1.49. The van der Waals surface area contributed by atoms with Crippen LogP contribution < -0.4 is 15.1 Å². The molecule has 0 spiro atoms. The molecule has 0 aromatic carbocycles. The first-order valence-electron chi connectivity index (χ1n) is 5.58. The van der Waals surface area contributed by atoms with Gasteiger partial charge in [-0.2, -0.15) is 0 Å². The summed E-state index contributed by atoms with van der Waals surface area (Å²) in [6, 6.07) is 3.46. The van der Waals surface area contributed by atoms with Gasteiger partial charge < -0.3 is 4.74 Å². The number of carbonyl (C=O) groups excluding carboxylic acids is 2. The number of hydroxylamine groups is 1. The van der Waals surface area contributed by atoms with Gasteiger partial charge in [0.05, 0.1) is 15.9 Å². The molecule has 0 aliphatic rings. The normalized spacial score (nSPS) is 10.2. The summed E-state index contributed by atoms with van der Waals surface area (Å²) in [5.74, 6) is -0.569. The number of anilines is 1. The number of hydrogen-bond acceptors (Lipinski definition) is 7. The van der Waals surface area contributed by atoms with E-state index in [0.29, 0.717) is 15.9 Å². The predicted octanol–water partition coefficient (Wildman–Crippen LogP) is 2.65. The predicted molar refractivity (Wildman–Crippen MR) is 82.2 cm³/mol. The lowest BCUT2D eigenvalue weighted by atomic mass is 10.3. The largest absolute Gasteiger partial charge is 0.422 e. The molecule has 2 aromatic rings. The number of aromatic nitrogens is 1. The van der Waals surface area contributed by atoms with E-state index in [1.807, 2.05) is 0 Å². The summed E-state index contributed by atoms with van der Waals surface area (Å²) in [5, 5.41) is 11.0. The number of carbonyl (C=O) groups is 2. The van der Waals surface area contributed by atoms with E-state index in [-0.39, 0.29) is 6.42 Å². The summed E-state index contributed by atoms with van der Waals surface area (Å²) in [6.07, 6.45) is -0.634. The highest BCUT2D eigenvalue weighted by Crippen LogP contribution is 2.29. The summed E-state index contributed by atoms with van der Waals surface area (Å²) < 4.78 is 6.05. The molecule has 2 amide bonds. The number of nitrogens with one attached hydrogen (secondary N) is 1. The van der Waals surface area contributed by atoms with Gasteiger partial charge in [-0.15, -0.1) is 11.3 Å². The lowest BCUT2D eigenvalue weighted by Crippen LogP contribution is -2.29. The standard InChI is InChI=1S/C11H10BrN3O4S2/c1-15(11(17)19-9-3-2-7(12)21-9)10-13-6(5-20-10)4-8(16)14-18/h2-3,5,18H,4H2,1H3,(H,14,16). The smallest absolute Gasteiger partial charge is 0.399 e. The summed E-state index contributed by atoms with van der Waals surface area (Å²) in [7, 11) is 1.53. The SMILES string of the molecule is CN(C(=O)Oc1ccc(Br)s1)c1nc(CC(=O)NO)cs1. The van der Waals surface area contributed by atoms with Crippen molar-refractivity contribution in [3.63, 3.8) is 0 Å². The van der Waals surface area contributed by atoms with Gasteiger partial charge in [-0.1, -0.05) is 11.3 Å². The Bertz CT molecular complexity index is 657. The first kappa shape index (κ1) is 15.9. The molecule has 7 nitrogen and oxygen atoms in total. The Morgan fingerprint density at radius 3 is 2.90 bits per heavy atom. The van der Waals surface area contributed by atoms with Gasteiger partial charge in [0, 0.05) is 12.4 Å². The molecular formula is C11H10BrN3O4S2. The molecule has 0 atom stereocenters. The monoisotopic (exact) mass is 391 g/mol. The van der Waals surface area contributed by atoms with E-state index in [4.69, 9.17) is 9.94 Å². The third-order valence-corrected chi connectivity index (χ3v) is 4.77. The molecule has 2 aromatic heterocycles. The van der Waals surface area contributed by atoms with Crippen molar-refractivity contribution in [2.45, 2.75) is 6.42 Å². The molecule has 0 saturated carbocycles. The fraction of sp³-hybridized carbons (Fsp3) is 0.182. The van der Waals surface area contributed by atoms with Gasteiger partial charge in [-0.05, 0) is 28.1 Å². The second-order valence-electron chi connectivity index (χ2n) is 3.82. The van der Waals surface area contributed by atoms with Crippen molar-refractivity contribution in [1.29, 1.82) is 0 Å². The fourth-order valence-electron chi connectivity index (χ4n) is 1.32. The minimum absolute atomic E-state index is 0.0617. The number of halogens is 1. The van der Waals surface area contributed by atoms with Crippen LogP contribution >= 0.6 is 38.6 Å². The van der Waals surface area contributed by atoms with Crippen LogP contribution in [0.15, 0.2) is 21.3 Å². The zero-order valence-electron chi connectivity index (χ0n) is 10.7. The van der Waals surface area contributed by atoms with Crippen molar-refractivity contribution in [1.82, 2.24) is 10.5 Å². The van der Waals surface area contributed by atoms with Crippen molar-refractivity contribution in [2.24, 2.45) is 0 Å². The highest BCUT2D eigenvalue weighted by Gasteiger charge is 2.18. The Morgan fingerprint density at radius 2 is 2.29 bits per heavy atom. The van der Waals surface area contributed by atoms with E-state index in [2.05, 4.69) is 20.9 Å². The molecule has 2 N–H and O–H groups in total. The molecular weight excluding hydrogens is 382 g/mol. The Morgan fingerprint density at radius 1 is 1.52 bits per heavy atom. The molecule has 2 heterocycles. The average Bonchev–Trinajstić information content (AvgIpc) is 3.07. The number of amides is 2. The molecule has 0 aliphatic carbocycles. The van der Waals surface area contributed by atoms with Crippen LogP contribution in [-0.4, -0.2) is 29.2 Å². The van der Waals surface area contributed by atoms with Crippen LogP contribution in [0.3, 0.4) is 0 Å². The maximum Gasteiger partial charge on any atom is 0.422 e. The molecule has 0 radical (unpaired) electrons. The van der Waals surface area contributed by atoms with Crippen LogP contribution in [0.5, 0.6) is 5.06 Å². The van der Waals surface area contributed by atoms with E-state index >= 15 is 0 Å². The number of thiazole rings is 1. The number of ether oxygens (including phenoxy) is 1. The van der Waals surface area contributed by atoms with E-state index in [9.17, 15) is 9.59 Å². The first-order chi connectivity index (χ1) is 9.99. The van der Waals surface area contributed by atoms with Gasteiger partial charge in [0.25, 0.3) is 0 Å². The maximum atomic E-state index is 12.0. The van der Waals surface area contributed by atoms with Crippen LogP contribution in [0.4, 0.5) is 9.93 Å². The first-order valence-corrected chi connectivity index (χ1v) is 8.06. The molecule has 0 unspecified atom stereocenters. The van der Waals surface area contributed by atoms with Gasteiger partial charge in [0.1, 0.15) is 0 Å². The lowest BCUT2D eigenvalue weighted by Gasteiger charge is -2.12. The molecule has 112 valence electrons. The third kappa shape index (κ3) is 4.24. The minimum atomic E-state index is -0.572. The molecule has 0 aliphatic heterocycles. The maximum absolute atomic E-state index is 12.0. The van der Waals surface area contributed by atoms with Gasteiger partial charge in [0.15, 0.2) is 10.2 Å². The topological polar surface area (TPSA) is 91.8 Å². The van der Waals surface area contributed by atoms with Crippen LogP contribution in [0.2, 0.25) is 0 Å². The summed E-state index contributed by atoms with van der Waals surface area (Å²) in [4.78, 5) is 28.4. The summed E-state index contributed by atoms with van der Waals surface area (Å²) in [6.45, 7) is 0. The van der Waals surface area contributed by atoms with Gasteiger partial charge in [-0.3, -0.25) is 14.9 Å². The van der Waals surface area contributed by atoms with Crippen LogP contribution in [-0.2, 0) is 11.2 Å². The second-order valence-corrected chi connectivity index (χ2v) is 7.08. The molecule has 10 heteroatoms. The fourth-order valence-corrected chi connectivity index (χ4v) is 3.29. The highest BCUT2D eigenvalue weighted by atomic mass is 79.9. The van der Waals surface area contributed by atoms with Crippen LogP contribution in [0.25, 0.3) is 0 Å². The van der Waals surface area contributed by atoms with Crippen LogP contribution in [0, 0.1) is 0 Å². The second kappa shape index (κ2) is 6.98. The van der Waals surface area contributed by atoms with E-state index in [0.717, 1.165) is 3.79 Å². The minimum Gasteiger partial charge on any atom is -0.399 e. The van der Waals surface area contributed by atoms with Gasteiger partial charge >= 0.3 is 6.09 Å². The van der Waals surface area contributed by atoms with E-state index < -0.39 is 12.0 Å². The van der Waals surface area contributed by atoms with Crippen molar-refractivity contribution >= 4 is 55.7 Å². The van der Waals surface area contributed by atoms with Crippen molar-refractivity contribution < 1.29 is 19.5 Å². The Labute approximate surface area is 136 Å². The number of rotatable bonds is 4. The Balaban J connectivity index is 2.00. The summed E-state index contributed by atoms with van der Waals surface area (Å²) >= 11 is 5.78. The highest BCUT2D eigenvalue weighted by molar-refractivity contribution is 9.11. The number of nitrogens with zero attached hydrogens (tertiary/aromatic N) is 2. The third-order valence-electron chi connectivity index (χ3n) is 2.30. The molecule has 2 rings (SSSR count). The van der Waals surface area contributed by atoms with Crippen LogP contribution in [0.1, 0.15) is 5.69 Å². The lowest BCUT2D eigenvalue weighted by molar-refractivity contribution is -0.128. The average molecular weight is 392 g/mol. The Kier molecular flexibility index (Phi) is 5.28. The van der Waals surface area contributed by atoms with Crippen molar-refractivity contribution in [3.05, 3.63) is 27.0 Å². The van der Waals surface area contributed by atoms with Crippen molar-refractivity contribution in [3.8, 4) is 5.06 Å². The number of thiophene rings is 1. The van der Waals surface area contributed by atoms with E-state index in [1.165, 1.54) is 40.1 Å².